The maximum atomic E-state index is 6.42. The lowest BCUT2D eigenvalue weighted by Crippen LogP contribution is -2.33. The first kappa shape index (κ1) is 18.4. The summed E-state index contributed by atoms with van der Waals surface area (Å²) in [6.07, 6.45) is 2.58. The molecule has 0 saturated carbocycles. The molecule has 1 aliphatic heterocycles. The molecule has 0 amide bonds. The van der Waals surface area contributed by atoms with Gasteiger partial charge in [-0.05, 0) is 70.8 Å². The van der Waals surface area contributed by atoms with Crippen LogP contribution in [-0.2, 0) is 6.54 Å². The van der Waals surface area contributed by atoms with Gasteiger partial charge in [0.05, 0.1) is 12.7 Å². The zero-order chi connectivity index (χ0) is 16.7. The van der Waals surface area contributed by atoms with E-state index in [2.05, 4.69) is 10.6 Å². The van der Waals surface area contributed by atoms with Crippen LogP contribution in [0.1, 0.15) is 39.2 Å². The van der Waals surface area contributed by atoms with E-state index in [-0.39, 0.29) is 6.10 Å². The van der Waals surface area contributed by atoms with Gasteiger partial charge in [-0.25, -0.2) is 0 Å². The van der Waals surface area contributed by atoms with E-state index in [0.717, 1.165) is 48.4 Å². The molecule has 0 unspecified atom stereocenters. The van der Waals surface area contributed by atoms with E-state index in [0.29, 0.717) is 12.4 Å². The molecule has 2 N–H and O–H groups in total. The Hall–Kier alpha value is -0.970. The molecule has 1 saturated heterocycles. The quantitative estimate of drug-likeness (QED) is 0.758. The zero-order valence-corrected chi connectivity index (χ0v) is 15.2. The van der Waals surface area contributed by atoms with Gasteiger partial charge in [-0.15, -0.1) is 0 Å². The lowest BCUT2D eigenvalue weighted by Gasteiger charge is -2.23. The van der Waals surface area contributed by atoms with Crippen LogP contribution in [0.2, 0.25) is 5.02 Å². The minimum absolute atomic E-state index is 0.0918. The van der Waals surface area contributed by atoms with Crippen molar-refractivity contribution < 1.29 is 9.47 Å². The third-order valence-electron chi connectivity index (χ3n) is 3.98. The van der Waals surface area contributed by atoms with Gasteiger partial charge < -0.3 is 20.1 Å². The van der Waals surface area contributed by atoms with Crippen LogP contribution in [0.4, 0.5) is 0 Å². The molecule has 0 bridgehead atoms. The smallest absolute Gasteiger partial charge is 0.163 e. The van der Waals surface area contributed by atoms with Gasteiger partial charge in [-0.3, -0.25) is 0 Å². The Balaban J connectivity index is 1.98. The van der Waals surface area contributed by atoms with Crippen LogP contribution in [0.5, 0.6) is 11.5 Å². The third-order valence-corrected chi connectivity index (χ3v) is 4.33. The van der Waals surface area contributed by atoms with Crippen LogP contribution in [0.3, 0.4) is 0 Å². The second kappa shape index (κ2) is 9.36. The summed E-state index contributed by atoms with van der Waals surface area (Å²) in [6, 6.07) is 3.87. The van der Waals surface area contributed by atoms with Gasteiger partial charge >= 0.3 is 0 Å². The summed E-state index contributed by atoms with van der Waals surface area (Å²) in [5, 5.41) is 7.65. The van der Waals surface area contributed by atoms with E-state index in [9.17, 15) is 0 Å². The summed E-state index contributed by atoms with van der Waals surface area (Å²) < 4.78 is 11.5. The number of nitrogens with one attached hydrogen (secondary N) is 2. The molecule has 1 aromatic rings. The Morgan fingerprint density at radius 3 is 2.65 bits per heavy atom. The van der Waals surface area contributed by atoms with Crippen molar-refractivity contribution in [1.82, 2.24) is 10.6 Å². The van der Waals surface area contributed by atoms with Gasteiger partial charge in [0.2, 0.25) is 0 Å². The van der Waals surface area contributed by atoms with Crippen molar-refractivity contribution in [2.75, 3.05) is 26.2 Å². The van der Waals surface area contributed by atoms with E-state index in [1.165, 1.54) is 12.8 Å². The molecular formula is C18H29ClN2O2. The molecule has 2 rings (SSSR count). The normalized spacial score (nSPS) is 15.9. The Bertz CT molecular complexity index is 488. The molecule has 1 aromatic carbocycles. The van der Waals surface area contributed by atoms with E-state index < -0.39 is 0 Å². The van der Waals surface area contributed by atoms with Gasteiger partial charge in [0.25, 0.3) is 0 Å². The second-order valence-electron chi connectivity index (χ2n) is 6.31. The van der Waals surface area contributed by atoms with Crippen LogP contribution in [0.25, 0.3) is 0 Å². The monoisotopic (exact) mass is 340 g/mol. The number of halogens is 1. The van der Waals surface area contributed by atoms with Crippen molar-refractivity contribution in [2.45, 2.75) is 46.3 Å². The largest absolute Gasteiger partial charge is 0.490 e. The molecule has 0 radical (unpaired) electrons. The predicted molar refractivity (Wildman–Crippen MR) is 95.7 cm³/mol. The highest BCUT2D eigenvalue weighted by molar-refractivity contribution is 6.31. The summed E-state index contributed by atoms with van der Waals surface area (Å²) >= 11 is 6.42. The summed E-state index contributed by atoms with van der Waals surface area (Å²) in [5.41, 5.74) is 1.06. The van der Waals surface area contributed by atoms with Crippen molar-refractivity contribution in [3.63, 3.8) is 0 Å². The average Bonchev–Trinajstić information content (AvgIpc) is 2.52. The molecule has 5 heteroatoms. The van der Waals surface area contributed by atoms with Crippen LogP contribution in [-0.4, -0.2) is 32.3 Å². The molecule has 0 aromatic heterocycles. The third kappa shape index (κ3) is 5.87. The number of benzene rings is 1. The molecule has 1 fully saturated rings. The van der Waals surface area contributed by atoms with Gasteiger partial charge in [0.15, 0.2) is 11.5 Å². The van der Waals surface area contributed by atoms with E-state index in [4.69, 9.17) is 21.1 Å². The molecule has 23 heavy (non-hydrogen) atoms. The fourth-order valence-electron chi connectivity index (χ4n) is 2.82. The van der Waals surface area contributed by atoms with Crippen molar-refractivity contribution in [2.24, 2.45) is 5.92 Å². The first-order valence-corrected chi connectivity index (χ1v) is 9.01. The maximum Gasteiger partial charge on any atom is 0.163 e. The highest BCUT2D eigenvalue weighted by Crippen LogP contribution is 2.34. The van der Waals surface area contributed by atoms with Crippen LogP contribution < -0.4 is 20.1 Å². The second-order valence-corrected chi connectivity index (χ2v) is 6.72. The molecule has 0 atom stereocenters. The Morgan fingerprint density at radius 2 is 2.00 bits per heavy atom. The number of hydrogen-bond acceptors (Lipinski definition) is 4. The summed E-state index contributed by atoms with van der Waals surface area (Å²) in [5.74, 6) is 2.24. The number of ether oxygens (including phenoxy) is 2. The van der Waals surface area contributed by atoms with Crippen LogP contribution in [0, 0.1) is 5.92 Å². The average molecular weight is 341 g/mol. The van der Waals surface area contributed by atoms with Crippen molar-refractivity contribution in [1.29, 1.82) is 0 Å². The van der Waals surface area contributed by atoms with Crippen molar-refractivity contribution in [3.8, 4) is 11.5 Å². The van der Waals surface area contributed by atoms with E-state index in [1.807, 2.05) is 32.9 Å². The SMILES string of the molecule is CCOc1cc(CNCC2CCNCC2)c(Cl)cc1OC(C)C. The predicted octanol–water partition coefficient (Wildman–Crippen LogP) is 3.62. The standard InChI is InChI=1S/C18H29ClN2O2/c1-4-22-17-9-15(16(19)10-18(17)23-13(2)3)12-21-11-14-5-7-20-8-6-14/h9-10,13-14,20-21H,4-8,11-12H2,1-3H3. The van der Waals surface area contributed by atoms with Gasteiger partial charge in [0.1, 0.15) is 0 Å². The lowest BCUT2D eigenvalue weighted by atomic mass is 9.98. The Labute approximate surface area is 144 Å². The topological polar surface area (TPSA) is 42.5 Å². The number of hydrogen-bond donors (Lipinski definition) is 2. The maximum absolute atomic E-state index is 6.42. The van der Waals surface area contributed by atoms with Crippen molar-refractivity contribution >= 4 is 11.6 Å². The first-order valence-electron chi connectivity index (χ1n) is 8.63. The highest BCUT2D eigenvalue weighted by Gasteiger charge is 2.14. The molecule has 1 aliphatic rings. The molecular weight excluding hydrogens is 312 g/mol. The van der Waals surface area contributed by atoms with Gasteiger partial charge in [-0.1, -0.05) is 11.6 Å². The highest BCUT2D eigenvalue weighted by atomic mass is 35.5. The van der Waals surface area contributed by atoms with Crippen LogP contribution >= 0.6 is 11.6 Å². The van der Waals surface area contributed by atoms with Gasteiger partial charge in [-0.2, -0.15) is 0 Å². The molecule has 4 nitrogen and oxygen atoms in total. The molecule has 0 spiro atoms. The zero-order valence-electron chi connectivity index (χ0n) is 14.5. The minimum Gasteiger partial charge on any atom is -0.490 e. The Morgan fingerprint density at radius 1 is 1.26 bits per heavy atom. The number of rotatable bonds is 8. The Kier molecular flexibility index (Phi) is 7.47. The molecule has 1 heterocycles. The van der Waals surface area contributed by atoms with E-state index in [1.54, 1.807) is 0 Å². The number of piperidine rings is 1. The minimum atomic E-state index is 0.0918. The fraction of sp³-hybridized carbons (Fsp3) is 0.667. The summed E-state index contributed by atoms with van der Waals surface area (Å²) in [7, 11) is 0. The fourth-order valence-corrected chi connectivity index (χ4v) is 3.04. The van der Waals surface area contributed by atoms with Gasteiger partial charge in [0, 0.05) is 17.6 Å². The van der Waals surface area contributed by atoms with Crippen molar-refractivity contribution in [3.05, 3.63) is 22.7 Å². The molecule has 0 aliphatic carbocycles. The molecule has 130 valence electrons. The van der Waals surface area contributed by atoms with E-state index >= 15 is 0 Å². The first-order chi connectivity index (χ1) is 11.1. The lowest BCUT2D eigenvalue weighted by molar-refractivity contribution is 0.223. The summed E-state index contributed by atoms with van der Waals surface area (Å²) in [6.45, 7) is 10.6. The van der Waals surface area contributed by atoms with Crippen LogP contribution in [0.15, 0.2) is 12.1 Å². The summed E-state index contributed by atoms with van der Waals surface area (Å²) in [4.78, 5) is 0.